The first kappa shape index (κ1) is 21.0. The highest BCUT2D eigenvalue weighted by molar-refractivity contribution is 4.72. The predicted octanol–water partition coefficient (Wildman–Crippen LogP) is 6.99. The van der Waals surface area contributed by atoms with Crippen LogP contribution in [0.25, 0.3) is 0 Å². The van der Waals surface area contributed by atoms with Gasteiger partial charge in [-0.15, -0.1) is 0 Å². The van der Waals surface area contributed by atoms with Crippen LogP contribution in [-0.4, -0.2) is 12.2 Å². The van der Waals surface area contributed by atoms with E-state index in [1.54, 1.807) is 0 Å². The lowest BCUT2D eigenvalue weighted by atomic mass is 9.82. The van der Waals surface area contributed by atoms with Crippen molar-refractivity contribution in [1.82, 2.24) is 0 Å². The van der Waals surface area contributed by atoms with E-state index in [1.807, 2.05) is 0 Å². The summed E-state index contributed by atoms with van der Waals surface area (Å²) >= 11 is 0. The highest BCUT2D eigenvalue weighted by atomic mass is 16.5. The molecular weight excluding hydrogens is 256 g/mol. The largest absolute Gasteiger partial charge is 0.376 e. The zero-order chi connectivity index (χ0) is 16.5. The predicted molar refractivity (Wildman–Crippen MR) is 95.9 cm³/mol. The lowest BCUT2D eigenvalue weighted by Crippen LogP contribution is -2.22. The van der Waals surface area contributed by atoms with E-state index in [0.717, 1.165) is 0 Å². The molecule has 0 aromatic heterocycles. The Morgan fingerprint density at radius 2 is 1.00 bits per heavy atom. The lowest BCUT2D eigenvalue weighted by Gasteiger charge is -2.29. The summed E-state index contributed by atoms with van der Waals surface area (Å²) in [5.74, 6) is 0. The number of hydrogen-bond donors (Lipinski definition) is 0. The van der Waals surface area contributed by atoms with Crippen molar-refractivity contribution in [3.63, 3.8) is 0 Å². The Bertz CT molecular complexity index is 229. The first-order chi connectivity index (χ1) is 9.62. The van der Waals surface area contributed by atoms with Gasteiger partial charge in [0.15, 0.2) is 0 Å². The summed E-state index contributed by atoms with van der Waals surface area (Å²) < 4.78 is 6.20. The van der Waals surface area contributed by atoms with Gasteiger partial charge in [-0.1, -0.05) is 54.4 Å². The van der Waals surface area contributed by atoms with Gasteiger partial charge in [0.1, 0.15) is 0 Å². The van der Waals surface area contributed by atoms with Crippen LogP contribution in [0.2, 0.25) is 0 Å². The fourth-order valence-corrected chi connectivity index (χ4v) is 3.32. The maximum atomic E-state index is 6.20. The van der Waals surface area contributed by atoms with Crippen LogP contribution in [0.15, 0.2) is 0 Å². The molecule has 0 aliphatic rings. The summed E-state index contributed by atoms with van der Waals surface area (Å²) in [4.78, 5) is 0. The highest BCUT2D eigenvalue weighted by Gasteiger charge is 2.21. The molecule has 0 spiro atoms. The molecule has 0 aliphatic heterocycles. The summed E-state index contributed by atoms with van der Waals surface area (Å²) in [5.41, 5.74) is 0.942. The van der Waals surface area contributed by atoms with E-state index in [4.69, 9.17) is 4.74 Å². The maximum absolute atomic E-state index is 6.20. The number of rotatable bonds is 12. The molecule has 21 heavy (non-hydrogen) atoms. The molecule has 2 unspecified atom stereocenters. The Labute approximate surface area is 135 Å². The van der Waals surface area contributed by atoms with Gasteiger partial charge < -0.3 is 4.74 Å². The molecule has 0 rings (SSSR count). The van der Waals surface area contributed by atoms with Crippen molar-refractivity contribution in [3.8, 4) is 0 Å². The molecule has 0 radical (unpaired) electrons. The quantitative estimate of drug-likeness (QED) is 0.377. The van der Waals surface area contributed by atoms with Gasteiger partial charge in [0.2, 0.25) is 0 Å². The van der Waals surface area contributed by atoms with Crippen LogP contribution in [-0.2, 0) is 4.74 Å². The first-order valence-electron chi connectivity index (χ1n) is 9.27. The molecule has 2 atom stereocenters. The van der Waals surface area contributed by atoms with Gasteiger partial charge >= 0.3 is 0 Å². The van der Waals surface area contributed by atoms with Crippen LogP contribution in [0.3, 0.4) is 0 Å². The standard InChI is InChI=1S/C20H42O/c1-9-13-19(5,6)15-11-17(3)21-18(4)12-16-20(7,8)14-10-2/h17-18H,9-16H2,1-8H3. The molecule has 1 nitrogen and oxygen atoms in total. The van der Waals surface area contributed by atoms with E-state index in [9.17, 15) is 0 Å². The van der Waals surface area contributed by atoms with Crippen LogP contribution in [0.5, 0.6) is 0 Å². The topological polar surface area (TPSA) is 9.23 Å². The maximum Gasteiger partial charge on any atom is 0.0550 e. The molecule has 0 N–H and O–H groups in total. The Morgan fingerprint density at radius 1 is 0.667 bits per heavy atom. The molecule has 0 amide bonds. The molecule has 0 fully saturated rings. The van der Waals surface area contributed by atoms with Crippen LogP contribution in [0.1, 0.15) is 107 Å². The minimum atomic E-state index is 0.394. The van der Waals surface area contributed by atoms with E-state index >= 15 is 0 Å². The van der Waals surface area contributed by atoms with E-state index in [1.165, 1.54) is 51.4 Å². The smallest absolute Gasteiger partial charge is 0.0550 e. The van der Waals surface area contributed by atoms with Gasteiger partial charge in [-0.3, -0.25) is 0 Å². The lowest BCUT2D eigenvalue weighted by molar-refractivity contribution is -0.0114. The van der Waals surface area contributed by atoms with E-state index in [-0.39, 0.29) is 0 Å². The van der Waals surface area contributed by atoms with Gasteiger partial charge in [-0.05, 0) is 63.2 Å². The van der Waals surface area contributed by atoms with Gasteiger partial charge in [0.25, 0.3) is 0 Å². The average Bonchev–Trinajstić information content (AvgIpc) is 2.34. The zero-order valence-electron chi connectivity index (χ0n) is 16.2. The molecular formula is C20H42O. The van der Waals surface area contributed by atoms with Crippen LogP contribution < -0.4 is 0 Å². The van der Waals surface area contributed by atoms with Crippen LogP contribution in [0.4, 0.5) is 0 Å². The number of hydrogen-bond acceptors (Lipinski definition) is 1. The van der Waals surface area contributed by atoms with Gasteiger partial charge in [-0.2, -0.15) is 0 Å². The fourth-order valence-electron chi connectivity index (χ4n) is 3.32. The molecule has 128 valence electrons. The Hall–Kier alpha value is -0.0400. The molecule has 0 saturated carbocycles. The third kappa shape index (κ3) is 11.2. The van der Waals surface area contributed by atoms with Crippen molar-refractivity contribution in [1.29, 1.82) is 0 Å². The number of ether oxygens (including phenoxy) is 1. The van der Waals surface area contributed by atoms with Crippen molar-refractivity contribution in [3.05, 3.63) is 0 Å². The molecule has 0 heterocycles. The fraction of sp³-hybridized carbons (Fsp3) is 1.00. The van der Waals surface area contributed by atoms with Crippen molar-refractivity contribution >= 4 is 0 Å². The summed E-state index contributed by atoms with van der Waals surface area (Å²) in [7, 11) is 0. The monoisotopic (exact) mass is 298 g/mol. The zero-order valence-corrected chi connectivity index (χ0v) is 16.2. The van der Waals surface area contributed by atoms with Crippen molar-refractivity contribution in [2.75, 3.05) is 0 Å². The van der Waals surface area contributed by atoms with E-state index in [2.05, 4.69) is 55.4 Å². The van der Waals surface area contributed by atoms with Crippen LogP contribution >= 0.6 is 0 Å². The van der Waals surface area contributed by atoms with Gasteiger partial charge in [-0.25, -0.2) is 0 Å². The average molecular weight is 299 g/mol. The summed E-state index contributed by atoms with van der Waals surface area (Å²) in [6, 6.07) is 0. The van der Waals surface area contributed by atoms with E-state index < -0.39 is 0 Å². The summed E-state index contributed by atoms with van der Waals surface area (Å²) in [6.07, 6.45) is 10.9. The SMILES string of the molecule is CCCC(C)(C)CCC(C)OC(C)CCC(C)(C)CCC. The highest BCUT2D eigenvalue weighted by Crippen LogP contribution is 2.31. The third-order valence-corrected chi connectivity index (χ3v) is 4.77. The van der Waals surface area contributed by atoms with E-state index in [0.29, 0.717) is 23.0 Å². The second-order valence-electron chi connectivity index (χ2n) is 8.66. The molecule has 1 heteroatoms. The molecule has 0 aromatic rings. The second-order valence-corrected chi connectivity index (χ2v) is 8.66. The van der Waals surface area contributed by atoms with Crippen LogP contribution in [0, 0.1) is 10.8 Å². The van der Waals surface area contributed by atoms with Crippen molar-refractivity contribution in [2.24, 2.45) is 10.8 Å². The van der Waals surface area contributed by atoms with Crippen molar-refractivity contribution in [2.45, 2.75) is 119 Å². The Kier molecular flexibility index (Phi) is 9.85. The van der Waals surface area contributed by atoms with Gasteiger partial charge in [0, 0.05) is 0 Å². The molecule has 0 saturated heterocycles. The molecule has 0 aliphatic carbocycles. The Balaban J connectivity index is 3.96. The summed E-state index contributed by atoms with van der Waals surface area (Å²) in [5, 5.41) is 0. The minimum absolute atomic E-state index is 0.394. The van der Waals surface area contributed by atoms with Crippen molar-refractivity contribution < 1.29 is 4.74 Å². The Morgan fingerprint density at radius 3 is 1.29 bits per heavy atom. The third-order valence-electron chi connectivity index (χ3n) is 4.77. The van der Waals surface area contributed by atoms with Gasteiger partial charge in [0.05, 0.1) is 12.2 Å². The summed E-state index contributed by atoms with van der Waals surface area (Å²) in [6.45, 7) is 18.6. The first-order valence-corrected chi connectivity index (χ1v) is 9.27. The molecule has 0 bridgehead atoms. The molecule has 0 aromatic carbocycles. The normalized spacial score (nSPS) is 16.0. The minimum Gasteiger partial charge on any atom is -0.376 e. The second kappa shape index (κ2) is 9.87.